The fourth-order valence-corrected chi connectivity index (χ4v) is 3.45. The van der Waals surface area contributed by atoms with Crippen molar-refractivity contribution in [2.75, 3.05) is 19.8 Å². The number of benzene rings is 1. The molecule has 1 amide bonds. The van der Waals surface area contributed by atoms with Crippen LogP contribution in [0.4, 0.5) is 0 Å². The highest BCUT2D eigenvalue weighted by atomic mass is 16.5. The van der Waals surface area contributed by atoms with Crippen molar-refractivity contribution in [2.24, 2.45) is 0 Å². The lowest BCUT2D eigenvalue weighted by atomic mass is 10.0. The second kappa shape index (κ2) is 7.18. The minimum absolute atomic E-state index is 0.0317. The van der Waals surface area contributed by atoms with E-state index in [0.717, 1.165) is 23.5 Å². The lowest BCUT2D eigenvalue weighted by molar-refractivity contribution is -0.139. The molecule has 0 aliphatic carbocycles. The lowest BCUT2D eigenvalue weighted by Gasteiger charge is -2.36. The quantitative estimate of drug-likeness (QED) is 0.867. The molecule has 0 spiro atoms. The van der Waals surface area contributed by atoms with E-state index in [2.05, 4.69) is 19.1 Å². The lowest BCUT2D eigenvalue weighted by Crippen LogP contribution is -2.43. The first-order valence-electron chi connectivity index (χ1n) is 8.56. The summed E-state index contributed by atoms with van der Waals surface area (Å²) in [6.07, 6.45) is 0.521. The van der Waals surface area contributed by atoms with Crippen LogP contribution in [-0.2, 0) is 16.1 Å². The van der Waals surface area contributed by atoms with Crippen LogP contribution in [0.1, 0.15) is 41.9 Å². The molecule has 1 aliphatic rings. The third-order valence-corrected chi connectivity index (χ3v) is 4.70. The molecule has 24 heavy (non-hydrogen) atoms. The van der Waals surface area contributed by atoms with Gasteiger partial charge in [0.1, 0.15) is 0 Å². The van der Waals surface area contributed by atoms with Crippen molar-refractivity contribution in [3.05, 3.63) is 52.8 Å². The first kappa shape index (κ1) is 16.7. The van der Waals surface area contributed by atoms with Crippen molar-refractivity contribution in [3.8, 4) is 0 Å². The summed E-state index contributed by atoms with van der Waals surface area (Å²) in [6, 6.07) is 10.3. The Balaban J connectivity index is 1.91. The summed E-state index contributed by atoms with van der Waals surface area (Å²) in [7, 11) is 0. The Bertz CT molecular complexity index is 709. The summed E-state index contributed by atoms with van der Waals surface area (Å²) in [5, 5.41) is 4.72. The van der Waals surface area contributed by atoms with Crippen LogP contribution in [-0.4, -0.2) is 40.3 Å². The molecular formula is C19H25N3O2. The van der Waals surface area contributed by atoms with Gasteiger partial charge in [-0.25, -0.2) is 0 Å². The maximum atomic E-state index is 12.3. The van der Waals surface area contributed by atoms with Crippen molar-refractivity contribution >= 4 is 5.91 Å². The second-order valence-corrected chi connectivity index (χ2v) is 6.26. The van der Waals surface area contributed by atoms with Gasteiger partial charge in [-0.1, -0.05) is 37.3 Å². The molecule has 0 bridgehead atoms. The monoisotopic (exact) mass is 327 g/mol. The van der Waals surface area contributed by atoms with Gasteiger partial charge in [0, 0.05) is 24.2 Å². The number of hydrogen-bond donors (Lipinski definition) is 0. The first-order valence-corrected chi connectivity index (χ1v) is 8.56. The number of carbonyl (C=O) groups excluding carboxylic acids is 1. The summed E-state index contributed by atoms with van der Waals surface area (Å²) in [5.41, 5.74) is 4.44. The van der Waals surface area contributed by atoms with E-state index in [1.807, 2.05) is 41.6 Å². The minimum atomic E-state index is -0.0317. The van der Waals surface area contributed by atoms with E-state index in [0.29, 0.717) is 26.2 Å². The average Bonchev–Trinajstić information content (AvgIpc) is 2.88. The second-order valence-electron chi connectivity index (χ2n) is 6.26. The maximum absolute atomic E-state index is 12.3. The van der Waals surface area contributed by atoms with Crippen LogP contribution in [0.2, 0.25) is 0 Å². The molecule has 2 aromatic rings. The molecule has 2 heterocycles. The van der Waals surface area contributed by atoms with Crippen LogP contribution in [0, 0.1) is 13.8 Å². The van der Waals surface area contributed by atoms with Gasteiger partial charge in [0.05, 0.1) is 31.5 Å². The Morgan fingerprint density at radius 1 is 1.29 bits per heavy atom. The zero-order chi connectivity index (χ0) is 17.1. The van der Waals surface area contributed by atoms with Crippen molar-refractivity contribution in [2.45, 2.75) is 39.8 Å². The smallest absolute Gasteiger partial charge is 0.222 e. The summed E-state index contributed by atoms with van der Waals surface area (Å²) in [4.78, 5) is 14.3. The zero-order valence-electron chi connectivity index (χ0n) is 14.7. The van der Waals surface area contributed by atoms with E-state index in [1.165, 1.54) is 5.56 Å². The number of carbonyl (C=O) groups is 1. The largest absolute Gasteiger partial charge is 0.377 e. The molecule has 1 saturated heterocycles. The highest BCUT2D eigenvalue weighted by Crippen LogP contribution is 2.30. The van der Waals surface area contributed by atoms with Crippen LogP contribution >= 0.6 is 0 Å². The first-order chi connectivity index (χ1) is 11.6. The molecule has 1 aliphatic heterocycles. The Morgan fingerprint density at radius 3 is 2.75 bits per heavy atom. The Hall–Kier alpha value is -2.14. The Morgan fingerprint density at radius 2 is 2.04 bits per heavy atom. The summed E-state index contributed by atoms with van der Waals surface area (Å²) in [5.74, 6) is 0.179. The van der Waals surface area contributed by atoms with Crippen LogP contribution in [0.15, 0.2) is 30.3 Å². The molecule has 0 N–H and O–H groups in total. The minimum Gasteiger partial charge on any atom is -0.377 e. The fourth-order valence-electron chi connectivity index (χ4n) is 3.45. The van der Waals surface area contributed by atoms with Crippen LogP contribution < -0.4 is 0 Å². The van der Waals surface area contributed by atoms with Gasteiger partial charge in [-0.3, -0.25) is 9.48 Å². The van der Waals surface area contributed by atoms with Crippen molar-refractivity contribution in [1.82, 2.24) is 14.7 Å². The third-order valence-electron chi connectivity index (χ3n) is 4.70. The highest BCUT2D eigenvalue weighted by Gasteiger charge is 2.31. The van der Waals surface area contributed by atoms with Crippen molar-refractivity contribution in [1.29, 1.82) is 0 Å². The molecule has 5 heteroatoms. The molecule has 1 atom stereocenters. The van der Waals surface area contributed by atoms with Crippen molar-refractivity contribution < 1.29 is 9.53 Å². The van der Waals surface area contributed by atoms with Crippen LogP contribution in [0.5, 0.6) is 0 Å². The molecule has 3 rings (SSSR count). The van der Waals surface area contributed by atoms with E-state index in [4.69, 9.17) is 9.84 Å². The predicted molar refractivity (Wildman–Crippen MR) is 92.8 cm³/mol. The Kier molecular flexibility index (Phi) is 5.00. The molecule has 1 aromatic carbocycles. The molecular weight excluding hydrogens is 302 g/mol. The number of ether oxygens (including phenoxy) is 1. The normalized spacial score (nSPS) is 18.0. The molecule has 0 unspecified atom stereocenters. The van der Waals surface area contributed by atoms with E-state index >= 15 is 0 Å². The number of aromatic nitrogens is 2. The van der Waals surface area contributed by atoms with Gasteiger partial charge < -0.3 is 9.64 Å². The SMILES string of the molecule is CCC(=O)N1CCOC[C@H]1c1c(C)nn(Cc2ccccc2)c1C. The molecule has 0 saturated carbocycles. The standard InChI is InChI=1S/C19H25N3O2/c1-4-18(23)21-10-11-24-13-17(21)19-14(2)20-22(15(19)3)12-16-8-6-5-7-9-16/h5-9,17H,4,10-13H2,1-3H3/t17-/m0/s1. The van der Waals surface area contributed by atoms with Gasteiger partial charge in [-0.05, 0) is 19.4 Å². The number of rotatable bonds is 4. The number of nitrogens with zero attached hydrogens (tertiary/aromatic N) is 3. The molecule has 5 nitrogen and oxygen atoms in total. The molecule has 1 fully saturated rings. The molecule has 1 aromatic heterocycles. The number of aryl methyl sites for hydroxylation is 1. The van der Waals surface area contributed by atoms with Gasteiger partial charge in [0.25, 0.3) is 0 Å². The summed E-state index contributed by atoms with van der Waals surface area (Å²) in [6.45, 7) is 8.56. The zero-order valence-corrected chi connectivity index (χ0v) is 14.7. The van der Waals surface area contributed by atoms with E-state index < -0.39 is 0 Å². The summed E-state index contributed by atoms with van der Waals surface area (Å²) >= 11 is 0. The fraction of sp³-hybridized carbons (Fsp3) is 0.474. The van der Waals surface area contributed by atoms with Crippen molar-refractivity contribution in [3.63, 3.8) is 0 Å². The van der Waals surface area contributed by atoms with Gasteiger partial charge >= 0.3 is 0 Å². The van der Waals surface area contributed by atoms with Gasteiger partial charge in [-0.2, -0.15) is 5.10 Å². The number of morpholine rings is 1. The average molecular weight is 327 g/mol. The van der Waals surface area contributed by atoms with E-state index in [-0.39, 0.29) is 11.9 Å². The van der Waals surface area contributed by atoms with Crippen LogP contribution in [0.25, 0.3) is 0 Å². The third kappa shape index (κ3) is 3.22. The topological polar surface area (TPSA) is 47.4 Å². The molecule has 0 radical (unpaired) electrons. The number of amides is 1. The van der Waals surface area contributed by atoms with E-state index in [9.17, 15) is 4.79 Å². The molecule has 128 valence electrons. The predicted octanol–water partition coefficient (Wildman–Crippen LogP) is 2.86. The van der Waals surface area contributed by atoms with Gasteiger partial charge in [-0.15, -0.1) is 0 Å². The Labute approximate surface area is 143 Å². The number of hydrogen-bond acceptors (Lipinski definition) is 3. The van der Waals surface area contributed by atoms with Gasteiger partial charge in [0.15, 0.2) is 0 Å². The highest BCUT2D eigenvalue weighted by molar-refractivity contribution is 5.76. The van der Waals surface area contributed by atoms with Crippen LogP contribution in [0.3, 0.4) is 0 Å². The van der Waals surface area contributed by atoms with E-state index in [1.54, 1.807) is 0 Å². The summed E-state index contributed by atoms with van der Waals surface area (Å²) < 4.78 is 7.70. The van der Waals surface area contributed by atoms with Gasteiger partial charge in [0.2, 0.25) is 5.91 Å². The maximum Gasteiger partial charge on any atom is 0.222 e.